The quantitative estimate of drug-likeness (QED) is 0.514. The maximum absolute atomic E-state index is 12.4. The SMILES string of the molecule is Cc1ccc(C(=O)Nc2ccc3oc(-c4ccc(C)c(C)c4)nc3c2)cc1. The van der Waals surface area contributed by atoms with E-state index in [0.29, 0.717) is 28.2 Å². The van der Waals surface area contributed by atoms with Gasteiger partial charge in [-0.2, -0.15) is 0 Å². The molecule has 4 aromatic rings. The number of fused-ring (bicyclic) bond motifs is 1. The second kappa shape index (κ2) is 6.72. The number of hydrogen-bond donors (Lipinski definition) is 1. The van der Waals surface area contributed by atoms with Gasteiger partial charge < -0.3 is 9.73 Å². The second-order valence-electron chi connectivity index (χ2n) is 6.82. The number of aromatic nitrogens is 1. The van der Waals surface area contributed by atoms with E-state index in [1.807, 2.05) is 55.5 Å². The lowest BCUT2D eigenvalue weighted by atomic mass is 10.1. The molecule has 1 N–H and O–H groups in total. The first kappa shape index (κ1) is 17.0. The third kappa shape index (κ3) is 3.47. The van der Waals surface area contributed by atoms with Crippen LogP contribution in [-0.2, 0) is 0 Å². The molecule has 0 fully saturated rings. The summed E-state index contributed by atoms with van der Waals surface area (Å²) in [5, 5.41) is 2.91. The number of hydrogen-bond acceptors (Lipinski definition) is 3. The Bertz CT molecular complexity index is 1140. The third-order valence-electron chi connectivity index (χ3n) is 4.71. The summed E-state index contributed by atoms with van der Waals surface area (Å²) in [5.41, 5.74) is 7.21. The molecular formula is C23H20N2O2. The lowest BCUT2D eigenvalue weighted by Gasteiger charge is -2.05. The molecule has 1 heterocycles. The van der Waals surface area contributed by atoms with Gasteiger partial charge in [-0.15, -0.1) is 0 Å². The van der Waals surface area contributed by atoms with Gasteiger partial charge >= 0.3 is 0 Å². The first-order valence-electron chi connectivity index (χ1n) is 8.86. The van der Waals surface area contributed by atoms with Crippen LogP contribution < -0.4 is 5.32 Å². The molecule has 4 rings (SSSR count). The van der Waals surface area contributed by atoms with Gasteiger partial charge in [0.2, 0.25) is 5.89 Å². The number of nitrogens with zero attached hydrogens (tertiary/aromatic N) is 1. The van der Waals surface area contributed by atoms with Crippen LogP contribution >= 0.6 is 0 Å². The first-order valence-corrected chi connectivity index (χ1v) is 8.86. The Kier molecular flexibility index (Phi) is 4.24. The summed E-state index contributed by atoms with van der Waals surface area (Å²) in [5.74, 6) is 0.433. The lowest BCUT2D eigenvalue weighted by molar-refractivity contribution is 0.102. The minimum absolute atomic E-state index is 0.146. The Morgan fingerprint density at radius 2 is 1.67 bits per heavy atom. The number of rotatable bonds is 3. The molecule has 1 aromatic heterocycles. The van der Waals surface area contributed by atoms with E-state index < -0.39 is 0 Å². The topological polar surface area (TPSA) is 55.1 Å². The second-order valence-corrected chi connectivity index (χ2v) is 6.82. The predicted molar refractivity (Wildman–Crippen MR) is 108 cm³/mol. The van der Waals surface area contributed by atoms with Gasteiger partial charge in [-0.05, 0) is 74.4 Å². The molecule has 4 heteroatoms. The summed E-state index contributed by atoms with van der Waals surface area (Å²) in [6.45, 7) is 6.14. The average Bonchev–Trinajstić information content (AvgIpc) is 3.08. The smallest absolute Gasteiger partial charge is 0.255 e. The molecule has 27 heavy (non-hydrogen) atoms. The van der Waals surface area contributed by atoms with E-state index in [4.69, 9.17) is 4.42 Å². The Morgan fingerprint density at radius 1 is 0.889 bits per heavy atom. The summed E-state index contributed by atoms with van der Waals surface area (Å²) < 4.78 is 5.88. The Balaban J connectivity index is 1.61. The van der Waals surface area contributed by atoms with Crippen molar-refractivity contribution in [3.05, 3.63) is 82.9 Å². The fourth-order valence-corrected chi connectivity index (χ4v) is 2.91. The zero-order valence-corrected chi connectivity index (χ0v) is 15.5. The average molecular weight is 356 g/mol. The summed E-state index contributed by atoms with van der Waals surface area (Å²) >= 11 is 0. The van der Waals surface area contributed by atoms with Crippen LogP contribution in [0.3, 0.4) is 0 Å². The minimum atomic E-state index is -0.146. The van der Waals surface area contributed by atoms with Crippen molar-refractivity contribution in [1.82, 2.24) is 4.98 Å². The van der Waals surface area contributed by atoms with Crippen molar-refractivity contribution in [2.24, 2.45) is 0 Å². The number of aryl methyl sites for hydroxylation is 3. The van der Waals surface area contributed by atoms with Crippen LogP contribution in [0.15, 0.2) is 65.1 Å². The molecule has 134 valence electrons. The largest absolute Gasteiger partial charge is 0.436 e. The molecule has 0 aliphatic rings. The summed E-state index contributed by atoms with van der Waals surface area (Å²) in [4.78, 5) is 17.0. The Hall–Kier alpha value is -3.40. The molecule has 0 unspecified atom stereocenters. The van der Waals surface area contributed by atoms with Gasteiger partial charge in [-0.3, -0.25) is 4.79 Å². The standard InChI is InChI=1S/C23H20N2O2/c1-14-4-7-17(8-5-14)22(26)24-19-10-11-21-20(13-19)25-23(27-21)18-9-6-15(2)16(3)12-18/h4-13H,1-3H3,(H,24,26). The number of oxazole rings is 1. The van der Waals surface area contributed by atoms with Crippen molar-refractivity contribution in [2.45, 2.75) is 20.8 Å². The molecule has 3 aromatic carbocycles. The minimum Gasteiger partial charge on any atom is -0.436 e. The van der Waals surface area contributed by atoms with Crippen molar-refractivity contribution in [1.29, 1.82) is 0 Å². The normalized spacial score (nSPS) is 10.9. The van der Waals surface area contributed by atoms with Crippen LogP contribution in [0.25, 0.3) is 22.6 Å². The van der Waals surface area contributed by atoms with E-state index in [1.54, 1.807) is 0 Å². The maximum atomic E-state index is 12.4. The molecule has 0 radical (unpaired) electrons. The van der Waals surface area contributed by atoms with Crippen LogP contribution in [0.1, 0.15) is 27.0 Å². The molecule has 4 nitrogen and oxygen atoms in total. The molecule has 0 spiro atoms. The van der Waals surface area contributed by atoms with E-state index in [9.17, 15) is 4.79 Å². The van der Waals surface area contributed by atoms with Crippen molar-refractivity contribution in [3.63, 3.8) is 0 Å². The Labute approximate surface area is 157 Å². The number of anilines is 1. The molecule has 0 saturated heterocycles. The van der Waals surface area contributed by atoms with Crippen LogP contribution in [0.4, 0.5) is 5.69 Å². The van der Waals surface area contributed by atoms with E-state index in [0.717, 1.165) is 11.1 Å². The number of carbonyl (C=O) groups is 1. The molecule has 0 saturated carbocycles. The van der Waals surface area contributed by atoms with Crippen LogP contribution in [0, 0.1) is 20.8 Å². The molecule has 0 atom stereocenters. The van der Waals surface area contributed by atoms with Gasteiger partial charge in [0.25, 0.3) is 5.91 Å². The number of carbonyl (C=O) groups excluding carboxylic acids is 1. The zero-order chi connectivity index (χ0) is 19.0. The van der Waals surface area contributed by atoms with E-state index >= 15 is 0 Å². The van der Waals surface area contributed by atoms with Gasteiger partial charge in [-0.1, -0.05) is 23.8 Å². The molecule has 1 amide bonds. The number of nitrogens with one attached hydrogen (secondary N) is 1. The van der Waals surface area contributed by atoms with Gasteiger partial charge in [0.05, 0.1) is 0 Å². The van der Waals surface area contributed by atoms with Crippen LogP contribution in [0.5, 0.6) is 0 Å². The van der Waals surface area contributed by atoms with E-state index in [2.05, 4.69) is 36.3 Å². The Morgan fingerprint density at radius 3 is 2.41 bits per heavy atom. The van der Waals surface area contributed by atoms with Gasteiger partial charge in [0.15, 0.2) is 5.58 Å². The van der Waals surface area contributed by atoms with E-state index in [1.165, 1.54) is 11.1 Å². The first-order chi connectivity index (χ1) is 13.0. The summed E-state index contributed by atoms with van der Waals surface area (Å²) in [6.07, 6.45) is 0. The van der Waals surface area contributed by atoms with Gasteiger partial charge in [0.1, 0.15) is 5.52 Å². The fraction of sp³-hybridized carbons (Fsp3) is 0.130. The molecule has 0 aliphatic carbocycles. The number of amides is 1. The van der Waals surface area contributed by atoms with Gasteiger partial charge in [0, 0.05) is 16.8 Å². The highest BCUT2D eigenvalue weighted by atomic mass is 16.3. The molecule has 0 aliphatic heterocycles. The van der Waals surface area contributed by atoms with Gasteiger partial charge in [-0.25, -0.2) is 4.98 Å². The van der Waals surface area contributed by atoms with Crippen molar-refractivity contribution in [3.8, 4) is 11.5 Å². The van der Waals surface area contributed by atoms with Crippen LogP contribution in [0.2, 0.25) is 0 Å². The fourth-order valence-electron chi connectivity index (χ4n) is 2.91. The highest BCUT2D eigenvalue weighted by molar-refractivity contribution is 6.05. The van der Waals surface area contributed by atoms with Crippen molar-refractivity contribution in [2.75, 3.05) is 5.32 Å². The summed E-state index contributed by atoms with van der Waals surface area (Å²) in [7, 11) is 0. The molecular weight excluding hydrogens is 336 g/mol. The van der Waals surface area contributed by atoms with Crippen molar-refractivity contribution >= 4 is 22.7 Å². The van der Waals surface area contributed by atoms with Crippen molar-refractivity contribution < 1.29 is 9.21 Å². The zero-order valence-electron chi connectivity index (χ0n) is 15.5. The van der Waals surface area contributed by atoms with E-state index in [-0.39, 0.29) is 5.91 Å². The van der Waals surface area contributed by atoms with Crippen LogP contribution in [-0.4, -0.2) is 10.9 Å². The highest BCUT2D eigenvalue weighted by Crippen LogP contribution is 2.27. The number of benzene rings is 3. The predicted octanol–water partition coefficient (Wildman–Crippen LogP) is 5.67. The maximum Gasteiger partial charge on any atom is 0.255 e. The third-order valence-corrected chi connectivity index (χ3v) is 4.71. The highest BCUT2D eigenvalue weighted by Gasteiger charge is 2.11. The summed E-state index contributed by atoms with van der Waals surface area (Å²) in [6, 6.07) is 19.1. The lowest BCUT2D eigenvalue weighted by Crippen LogP contribution is -2.11. The molecule has 0 bridgehead atoms. The monoisotopic (exact) mass is 356 g/mol.